The number of rotatable bonds is 7. The second-order valence-corrected chi connectivity index (χ2v) is 11.5. The minimum Gasteiger partial charge on any atom is -0.339 e. The number of hydrogen-bond acceptors (Lipinski definition) is 6. The van der Waals surface area contributed by atoms with Gasteiger partial charge < -0.3 is 4.98 Å². The van der Waals surface area contributed by atoms with Crippen molar-refractivity contribution in [2.45, 2.75) is 38.3 Å². The van der Waals surface area contributed by atoms with E-state index in [9.17, 15) is 30.0 Å². The molecule has 1 aromatic heterocycles. The number of sulfone groups is 1. The first-order valence-electron chi connectivity index (χ1n) is 8.72. The first-order chi connectivity index (χ1) is 14.8. The molecule has 1 unspecified atom stereocenters. The predicted molar refractivity (Wildman–Crippen MR) is 113 cm³/mol. The van der Waals surface area contributed by atoms with E-state index in [0.29, 0.717) is 15.1 Å². The summed E-state index contributed by atoms with van der Waals surface area (Å²) in [6, 6.07) is 7.87. The van der Waals surface area contributed by atoms with Crippen molar-refractivity contribution in [1.82, 2.24) is 14.7 Å². The first-order valence-corrected chi connectivity index (χ1v) is 12.9. The van der Waals surface area contributed by atoms with E-state index in [0.717, 1.165) is 11.8 Å². The molecule has 0 saturated carbocycles. The Morgan fingerprint density at radius 1 is 1.09 bits per heavy atom. The average molecular weight is 526 g/mol. The molecule has 0 saturated heterocycles. The van der Waals surface area contributed by atoms with E-state index in [1.54, 1.807) is 6.20 Å². The number of nitrogens with one attached hydrogen (secondary N) is 2. The zero-order valence-corrected chi connectivity index (χ0v) is 19.3. The number of hydrogen-bond donors (Lipinski definition) is 2. The van der Waals surface area contributed by atoms with Gasteiger partial charge in [-0.1, -0.05) is 35.5 Å². The third-order valence-corrected chi connectivity index (χ3v) is 8.64. The lowest BCUT2D eigenvalue weighted by Gasteiger charge is -2.16. The van der Waals surface area contributed by atoms with Gasteiger partial charge >= 0.3 is 15.5 Å². The standard InChI is InChI=1S/C18H15ClF3N3O4S3/c1-11(25-32(28,29)18(20,21)22)12-2-5-14(6-3-12)31(26,27)16-7-4-13(19)10-15(16)30-17-23-8-9-24-17/h2-11,25H,1H3,(H,23,24). The van der Waals surface area contributed by atoms with Crippen LogP contribution in [0, 0.1) is 0 Å². The summed E-state index contributed by atoms with van der Waals surface area (Å²) < 4.78 is 88.2. The van der Waals surface area contributed by atoms with Gasteiger partial charge in [0.25, 0.3) is 0 Å². The minimum atomic E-state index is -5.55. The molecule has 3 rings (SSSR count). The summed E-state index contributed by atoms with van der Waals surface area (Å²) in [7, 11) is -9.58. The molecule has 0 fully saturated rings. The van der Waals surface area contributed by atoms with E-state index >= 15 is 0 Å². The molecule has 32 heavy (non-hydrogen) atoms. The lowest BCUT2D eigenvalue weighted by atomic mass is 10.1. The number of imidazole rings is 1. The monoisotopic (exact) mass is 525 g/mol. The molecule has 1 heterocycles. The van der Waals surface area contributed by atoms with Gasteiger partial charge in [0.1, 0.15) is 0 Å². The topological polar surface area (TPSA) is 109 Å². The van der Waals surface area contributed by atoms with Crippen molar-refractivity contribution in [1.29, 1.82) is 0 Å². The fourth-order valence-electron chi connectivity index (χ4n) is 2.62. The highest BCUT2D eigenvalue weighted by Gasteiger charge is 2.46. The fraction of sp³-hybridized carbons (Fsp3) is 0.167. The predicted octanol–water partition coefficient (Wildman–Crippen LogP) is 4.55. The number of aromatic amines is 1. The van der Waals surface area contributed by atoms with E-state index in [4.69, 9.17) is 11.6 Å². The number of benzene rings is 2. The Labute approximate surface area is 191 Å². The largest absolute Gasteiger partial charge is 0.511 e. The Balaban J connectivity index is 1.91. The number of aromatic nitrogens is 2. The van der Waals surface area contributed by atoms with Crippen LogP contribution in [0.4, 0.5) is 13.2 Å². The minimum absolute atomic E-state index is 0.0399. The molecule has 172 valence electrons. The van der Waals surface area contributed by atoms with Crippen molar-refractivity contribution >= 4 is 43.2 Å². The maximum Gasteiger partial charge on any atom is 0.511 e. The summed E-state index contributed by atoms with van der Waals surface area (Å²) in [6.45, 7) is 1.21. The van der Waals surface area contributed by atoms with Gasteiger partial charge in [-0.05, 0) is 42.8 Å². The van der Waals surface area contributed by atoms with Gasteiger partial charge in [-0.15, -0.1) is 0 Å². The summed E-state index contributed by atoms with van der Waals surface area (Å²) in [6.07, 6.45) is 3.09. The highest BCUT2D eigenvalue weighted by Crippen LogP contribution is 2.36. The maximum atomic E-state index is 13.2. The van der Waals surface area contributed by atoms with Gasteiger partial charge in [-0.3, -0.25) is 0 Å². The van der Waals surface area contributed by atoms with Crippen LogP contribution < -0.4 is 4.72 Å². The van der Waals surface area contributed by atoms with Crippen LogP contribution in [0.5, 0.6) is 0 Å². The molecule has 2 aromatic carbocycles. The molecular weight excluding hydrogens is 511 g/mol. The van der Waals surface area contributed by atoms with Crippen LogP contribution in [0.25, 0.3) is 0 Å². The quantitative estimate of drug-likeness (QED) is 0.468. The number of alkyl halides is 3. The lowest BCUT2D eigenvalue weighted by Crippen LogP contribution is -2.37. The molecule has 1 atom stereocenters. The molecule has 14 heteroatoms. The maximum absolute atomic E-state index is 13.2. The summed E-state index contributed by atoms with van der Waals surface area (Å²) >= 11 is 7.08. The first kappa shape index (κ1) is 24.6. The van der Waals surface area contributed by atoms with Crippen LogP contribution in [0.15, 0.2) is 74.7 Å². The summed E-state index contributed by atoms with van der Waals surface area (Å²) in [5.74, 6) is 0. The molecule has 0 spiro atoms. The molecule has 0 radical (unpaired) electrons. The molecule has 2 N–H and O–H groups in total. The van der Waals surface area contributed by atoms with E-state index in [1.165, 1.54) is 60.3 Å². The van der Waals surface area contributed by atoms with Crippen LogP contribution in [-0.2, 0) is 19.9 Å². The van der Waals surface area contributed by atoms with E-state index in [2.05, 4.69) is 9.97 Å². The molecule has 0 aliphatic heterocycles. The molecule has 3 aromatic rings. The second kappa shape index (κ2) is 9.06. The van der Waals surface area contributed by atoms with Crippen LogP contribution >= 0.6 is 23.4 Å². The van der Waals surface area contributed by atoms with Crippen molar-refractivity contribution in [3.8, 4) is 0 Å². The number of halogens is 4. The highest BCUT2D eigenvalue weighted by molar-refractivity contribution is 8.00. The van der Waals surface area contributed by atoms with Crippen LogP contribution in [-0.4, -0.2) is 32.3 Å². The molecule has 0 bridgehead atoms. The molecule has 0 aliphatic rings. The normalized spacial score (nSPS) is 13.8. The SMILES string of the molecule is CC(NS(=O)(=O)C(F)(F)F)c1ccc(S(=O)(=O)c2ccc(Cl)cc2Sc2ncc[nH]2)cc1. The molecule has 0 aliphatic carbocycles. The van der Waals surface area contributed by atoms with Crippen molar-refractivity contribution in [2.24, 2.45) is 0 Å². The van der Waals surface area contributed by atoms with Crippen molar-refractivity contribution < 1.29 is 30.0 Å². The summed E-state index contributed by atoms with van der Waals surface area (Å²) in [5, 5.41) is 0.768. The zero-order chi connectivity index (χ0) is 23.7. The number of H-pyrrole nitrogens is 1. The number of sulfonamides is 1. The Bertz CT molecular complexity index is 1310. The summed E-state index contributed by atoms with van der Waals surface area (Å²) in [4.78, 5) is 7.05. The van der Waals surface area contributed by atoms with E-state index in [-0.39, 0.29) is 15.4 Å². The Kier molecular flexibility index (Phi) is 6.96. The molecule has 0 amide bonds. The van der Waals surface area contributed by atoms with Gasteiger partial charge in [0.15, 0.2) is 5.16 Å². The van der Waals surface area contributed by atoms with Gasteiger partial charge in [0.2, 0.25) is 9.84 Å². The van der Waals surface area contributed by atoms with E-state index in [1.807, 2.05) is 0 Å². The Morgan fingerprint density at radius 3 is 2.31 bits per heavy atom. The van der Waals surface area contributed by atoms with E-state index < -0.39 is 31.4 Å². The lowest BCUT2D eigenvalue weighted by molar-refractivity contribution is -0.0450. The molecule has 7 nitrogen and oxygen atoms in total. The number of nitrogens with zero attached hydrogens (tertiary/aromatic N) is 1. The fourth-order valence-corrected chi connectivity index (χ4v) is 6.17. The zero-order valence-electron chi connectivity index (χ0n) is 16.1. The van der Waals surface area contributed by atoms with Crippen LogP contribution in [0.1, 0.15) is 18.5 Å². The highest BCUT2D eigenvalue weighted by atomic mass is 35.5. The Hall–Kier alpha value is -2.06. The Morgan fingerprint density at radius 2 is 1.75 bits per heavy atom. The molecular formula is C18H15ClF3N3O4S3. The van der Waals surface area contributed by atoms with Crippen molar-refractivity contribution in [3.63, 3.8) is 0 Å². The van der Waals surface area contributed by atoms with Crippen LogP contribution in [0.3, 0.4) is 0 Å². The van der Waals surface area contributed by atoms with Crippen LogP contribution in [0.2, 0.25) is 5.02 Å². The summed E-state index contributed by atoms with van der Waals surface area (Å²) in [5.41, 5.74) is -5.31. The third-order valence-electron chi connectivity index (χ3n) is 4.20. The second-order valence-electron chi connectivity index (χ2n) is 6.45. The average Bonchev–Trinajstić information content (AvgIpc) is 3.20. The van der Waals surface area contributed by atoms with Gasteiger partial charge in [-0.2, -0.15) is 13.2 Å². The van der Waals surface area contributed by atoms with Crippen molar-refractivity contribution in [2.75, 3.05) is 0 Å². The van der Waals surface area contributed by atoms with Gasteiger partial charge in [0, 0.05) is 28.4 Å². The van der Waals surface area contributed by atoms with Gasteiger partial charge in [-0.25, -0.2) is 26.5 Å². The third kappa shape index (κ3) is 5.29. The smallest absolute Gasteiger partial charge is 0.339 e. The van der Waals surface area contributed by atoms with Crippen molar-refractivity contribution in [3.05, 3.63) is 65.4 Å². The van der Waals surface area contributed by atoms with Gasteiger partial charge in [0.05, 0.1) is 9.79 Å².